The predicted molar refractivity (Wildman–Crippen MR) is 139 cm³/mol. The fraction of sp³-hybridized carbons (Fsp3) is 0.308. The second kappa shape index (κ2) is 12.1. The molecule has 0 radical (unpaired) electrons. The van der Waals surface area contributed by atoms with Crippen LogP contribution in [0.5, 0.6) is 0 Å². The highest BCUT2D eigenvalue weighted by atomic mass is 79.9. The maximum atomic E-state index is 13.5. The molecule has 4 rings (SSSR count). The third-order valence-corrected chi connectivity index (χ3v) is 7.23. The van der Waals surface area contributed by atoms with Crippen molar-refractivity contribution in [3.8, 4) is 0 Å². The lowest BCUT2D eigenvalue weighted by Gasteiger charge is -2.29. The molecule has 1 atom stereocenters. The third-order valence-electron chi connectivity index (χ3n) is 5.67. The number of hydrogen-bond acceptors (Lipinski definition) is 4. The lowest BCUT2D eigenvalue weighted by Crippen LogP contribution is -2.46. The van der Waals surface area contributed by atoms with E-state index in [0.717, 1.165) is 27.8 Å². The average Bonchev–Trinajstić information content (AvgIpc) is 3.55. The molecule has 0 aliphatic carbocycles. The Bertz CT molecular complexity index is 1070. The molecule has 2 heterocycles. The van der Waals surface area contributed by atoms with Gasteiger partial charge in [-0.3, -0.25) is 4.79 Å². The fourth-order valence-electron chi connectivity index (χ4n) is 3.90. The van der Waals surface area contributed by atoms with Crippen molar-refractivity contribution in [2.24, 2.45) is 0 Å². The van der Waals surface area contributed by atoms with E-state index in [2.05, 4.69) is 21.2 Å². The van der Waals surface area contributed by atoms with Crippen LogP contribution in [0.4, 0.5) is 10.5 Å². The summed E-state index contributed by atoms with van der Waals surface area (Å²) in [6, 6.07) is 21.1. The molecule has 1 aliphatic heterocycles. The summed E-state index contributed by atoms with van der Waals surface area (Å²) in [6.07, 6.45) is 1.80. The molecule has 1 N–H and O–H groups in total. The number of rotatable bonds is 9. The number of carbonyl (C=O) groups excluding carboxylic acids is 2. The van der Waals surface area contributed by atoms with E-state index < -0.39 is 0 Å². The van der Waals surface area contributed by atoms with Gasteiger partial charge in [0.15, 0.2) is 0 Å². The minimum absolute atomic E-state index is 0.0195. The van der Waals surface area contributed by atoms with E-state index in [9.17, 15) is 9.59 Å². The number of urea groups is 1. The lowest BCUT2D eigenvalue weighted by molar-refractivity contribution is -0.133. The van der Waals surface area contributed by atoms with Gasteiger partial charge in [0.05, 0.1) is 18.3 Å². The zero-order valence-electron chi connectivity index (χ0n) is 18.9. The second-order valence-corrected chi connectivity index (χ2v) is 10.1. The summed E-state index contributed by atoms with van der Waals surface area (Å²) in [5.74, 6) is -0.0995. The standard InChI is InChI=1S/C26H28BrN3O3S/c27-23-12-4-5-13-24(23)28-26(32)30(17-21-10-6-14-33-21)19-25(31)29(18-22-11-7-15-34-22)16-20-8-2-1-3-9-20/h1-5,7-9,11-13,15,21H,6,10,14,16-19H2,(H,28,32). The molecular weight excluding hydrogens is 514 g/mol. The number of carbonyl (C=O) groups is 2. The van der Waals surface area contributed by atoms with Crippen LogP contribution in [0, 0.1) is 0 Å². The number of halogens is 1. The number of para-hydroxylation sites is 1. The smallest absolute Gasteiger partial charge is 0.322 e. The Morgan fingerprint density at radius 1 is 1.00 bits per heavy atom. The summed E-state index contributed by atoms with van der Waals surface area (Å²) in [6.45, 7) is 2.04. The molecule has 3 aromatic rings. The van der Waals surface area contributed by atoms with Crippen molar-refractivity contribution >= 4 is 44.9 Å². The van der Waals surface area contributed by atoms with Gasteiger partial charge in [0.1, 0.15) is 6.54 Å². The number of anilines is 1. The molecule has 0 bridgehead atoms. The van der Waals surface area contributed by atoms with Crippen LogP contribution in [0.2, 0.25) is 0 Å². The van der Waals surface area contributed by atoms with Crippen molar-refractivity contribution in [3.63, 3.8) is 0 Å². The predicted octanol–water partition coefficient (Wildman–Crippen LogP) is 5.75. The maximum absolute atomic E-state index is 13.5. The molecule has 6 nitrogen and oxygen atoms in total. The van der Waals surface area contributed by atoms with Crippen LogP contribution in [-0.4, -0.2) is 47.5 Å². The van der Waals surface area contributed by atoms with E-state index in [-0.39, 0.29) is 24.6 Å². The zero-order chi connectivity index (χ0) is 23.8. The molecule has 1 aromatic heterocycles. The first kappa shape index (κ1) is 24.4. The van der Waals surface area contributed by atoms with Crippen molar-refractivity contribution in [3.05, 3.63) is 87.0 Å². The van der Waals surface area contributed by atoms with Crippen molar-refractivity contribution in [1.29, 1.82) is 0 Å². The number of nitrogens with one attached hydrogen (secondary N) is 1. The van der Waals surface area contributed by atoms with Crippen LogP contribution in [0.3, 0.4) is 0 Å². The molecule has 1 unspecified atom stereocenters. The number of benzene rings is 2. The van der Waals surface area contributed by atoms with Gasteiger partial charge in [-0.2, -0.15) is 0 Å². The topological polar surface area (TPSA) is 61.9 Å². The van der Waals surface area contributed by atoms with Gasteiger partial charge in [-0.25, -0.2) is 4.79 Å². The molecule has 1 aliphatic rings. The third kappa shape index (κ3) is 6.91. The van der Waals surface area contributed by atoms with Crippen LogP contribution >= 0.6 is 27.3 Å². The van der Waals surface area contributed by atoms with Crippen LogP contribution in [0.25, 0.3) is 0 Å². The van der Waals surface area contributed by atoms with Gasteiger partial charge in [-0.05, 0) is 57.9 Å². The minimum atomic E-state index is -0.313. The zero-order valence-corrected chi connectivity index (χ0v) is 21.3. The summed E-state index contributed by atoms with van der Waals surface area (Å²) in [7, 11) is 0. The molecule has 1 saturated heterocycles. The number of nitrogens with zero attached hydrogens (tertiary/aromatic N) is 2. The number of amides is 3. The van der Waals surface area contributed by atoms with Crippen LogP contribution < -0.4 is 5.32 Å². The normalized spacial score (nSPS) is 15.1. The van der Waals surface area contributed by atoms with Gasteiger partial charge >= 0.3 is 6.03 Å². The first-order chi connectivity index (χ1) is 16.6. The highest BCUT2D eigenvalue weighted by molar-refractivity contribution is 9.10. The Kier molecular flexibility index (Phi) is 8.73. The summed E-state index contributed by atoms with van der Waals surface area (Å²) in [5.41, 5.74) is 1.72. The van der Waals surface area contributed by atoms with Crippen LogP contribution in [0.15, 0.2) is 76.6 Å². The Morgan fingerprint density at radius 3 is 2.50 bits per heavy atom. The largest absolute Gasteiger partial charge is 0.376 e. The van der Waals surface area contributed by atoms with Gasteiger partial charge < -0.3 is 19.9 Å². The highest BCUT2D eigenvalue weighted by Crippen LogP contribution is 2.22. The van der Waals surface area contributed by atoms with E-state index in [1.807, 2.05) is 77.0 Å². The van der Waals surface area contributed by atoms with E-state index in [4.69, 9.17) is 4.74 Å². The van der Waals surface area contributed by atoms with Gasteiger partial charge in [0.25, 0.3) is 0 Å². The first-order valence-corrected chi connectivity index (χ1v) is 13.0. The molecule has 2 aromatic carbocycles. The monoisotopic (exact) mass is 541 g/mol. The summed E-state index contributed by atoms with van der Waals surface area (Å²) in [4.78, 5) is 31.3. The quantitative estimate of drug-likeness (QED) is 0.375. The van der Waals surface area contributed by atoms with Gasteiger partial charge in [-0.15, -0.1) is 11.3 Å². The summed E-state index contributed by atoms with van der Waals surface area (Å²) < 4.78 is 6.56. The Balaban J connectivity index is 1.51. The molecule has 34 heavy (non-hydrogen) atoms. The SMILES string of the molecule is O=C(CN(CC1CCCO1)C(=O)Nc1ccccc1Br)N(Cc1ccccc1)Cc1cccs1. The Morgan fingerprint density at radius 2 is 1.79 bits per heavy atom. The lowest BCUT2D eigenvalue weighted by atomic mass is 10.2. The fourth-order valence-corrected chi connectivity index (χ4v) is 5.00. The van der Waals surface area contributed by atoms with E-state index >= 15 is 0 Å². The maximum Gasteiger partial charge on any atom is 0.322 e. The number of thiophene rings is 1. The van der Waals surface area contributed by atoms with Gasteiger partial charge in [0.2, 0.25) is 5.91 Å². The molecule has 178 valence electrons. The second-order valence-electron chi connectivity index (χ2n) is 8.24. The van der Waals surface area contributed by atoms with Gasteiger partial charge in [0, 0.05) is 29.0 Å². The summed E-state index contributed by atoms with van der Waals surface area (Å²) in [5, 5.41) is 4.95. The Labute approximate surface area is 212 Å². The molecule has 0 spiro atoms. The minimum Gasteiger partial charge on any atom is -0.376 e. The van der Waals surface area contributed by atoms with Crippen molar-refractivity contribution in [2.75, 3.05) is 25.0 Å². The number of hydrogen-bond donors (Lipinski definition) is 1. The van der Waals surface area contributed by atoms with Crippen LogP contribution in [-0.2, 0) is 22.6 Å². The first-order valence-electron chi connectivity index (χ1n) is 11.3. The molecule has 1 fully saturated rings. The molecular formula is C26H28BrN3O3S. The van der Waals surface area contributed by atoms with E-state index in [0.29, 0.717) is 31.9 Å². The molecule has 0 saturated carbocycles. The molecule has 3 amide bonds. The Hall–Kier alpha value is -2.68. The van der Waals surface area contributed by atoms with Crippen molar-refractivity contribution in [1.82, 2.24) is 9.80 Å². The molecule has 8 heteroatoms. The van der Waals surface area contributed by atoms with E-state index in [1.54, 1.807) is 16.2 Å². The van der Waals surface area contributed by atoms with Gasteiger partial charge in [-0.1, -0.05) is 48.5 Å². The summed E-state index contributed by atoms with van der Waals surface area (Å²) >= 11 is 5.10. The average molecular weight is 542 g/mol. The van der Waals surface area contributed by atoms with Crippen LogP contribution in [0.1, 0.15) is 23.3 Å². The number of ether oxygens (including phenoxy) is 1. The van der Waals surface area contributed by atoms with Crippen molar-refractivity contribution < 1.29 is 14.3 Å². The van der Waals surface area contributed by atoms with Crippen molar-refractivity contribution in [2.45, 2.75) is 32.0 Å². The highest BCUT2D eigenvalue weighted by Gasteiger charge is 2.27. The van der Waals surface area contributed by atoms with E-state index in [1.165, 1.54) is 0 Å².